The normalized spacial score (nSPS) is 21.2. The minimum atomic E-state index is 1.16. The van der Waals surface area contributed by atoms with Crippen LogP contribution in [-0.4, -0.2) is 37.6 Å². The van der Waals surface area contributed by atoms with Gasteiger partial charge in [0.05, 0.1) is 0 Å². The summed E-state index contributed by atoms with van der Waals surface area (Å²) in [6, 6.07) is 0. The highest BCUT2D eigenvalue weighted by Gasteiger charge is 2.06. The van der Waals surface area contributed by atoms with E-state index in [1.807, 2.05) is 0 Å². The Labute approximate surface area is 69.3 Å². The van der Waals surface area contributed by atoms with Crippen molar-refractivity contribution in [3.8, 4) is 0 Å². The highest BCUT2D eigenvalue weighted by molar-refractivity contribution is 4.79. The van der Waals surface area contributed by atoms with Crippen LogP contribution in [0.15, 0.2) is 12.2 Å². The molecule has 0 unspecified atom stereocenters. The minimum absolute atomic E-state index is 1.16. The quantitative estimate of drug-likeness (QED) is 0.606. The second kappa shape index (κ2) is 5.33. The second-order valence-corrected chi connectivity index (χ2v) is 2.95. The molecule has 1 rings (SSSR count). The maximum atomic E-state index is 3.35. The van der Waals surface area contributed by atoms with Gasteiger partial charge in [-0.25, -0.2) is 0 Å². The molecule has 0 atom stereocenters. The van der Waals surface area contributed by atoms with Crippen LogP contribution in [0.1, 0.15) is 13.3 Å². The maximum absolute atomic E-state index is 3.35. The van der Waals surface area contributed by atoms with Gasteiger partial charge in [0.1, 0.15) is 0 Å². The molecule has 1 heterocycles. The van der Waals surface area contributed by atoms with E-state index in [2.05, 4.69) is 29.3 Å². The van der Waals surface area contributed by atoms with Gasteiger partial charge in [-0.2, -0.15) is 0 Å². The molecule has 1 aliphatic heterocycles. The third-order valence-electron chi connectivity index (χ3n) is 2.06. The van der Waals surface area contributed by atoms with Gasteiger partial charge in [-0.3, -0.25) is 0 Å². The summed E-state index contributed by atoms with van der Waals surface area (Å²) in [6.07, 6.45) is 5.57. The fourth-order valence-electron chi connectivity index (χ4n) is 1.36. The molecule has 1 N–H and O–H groups in total. The minimum Gasteiger partial charge on any atom is -0.314 e. The molecule has 2 heteroatoms. The van der Waals surface area contributed by atoms with Crippen molar-refractivity contribution in [1.29, 1.82) is 0 Å². The molecular weight excluding hydrogens is 136 g/mol. The summed E-state index contributed by atoms with van der Waals surface area (Å²) in [5.74, 6) is 0. The van der Waals surface area contributed by atoms with Crippen LogP contribution in [0.25, 0.3) is 0 Å². The lowest BCUT2D eigenvalue weighted by molar-refractivity contribution is 0.245. The molecule has 2 nitrogen and oxygen atoms in total. The summed E-state index contributed by atoms with van der Waals surface area (Å²) < 4.78 is 0. The van der Waals surface area contributed by atoms with E-state index in [-0.39, 0.29) is 0 Å². The molecule has 64 valence electrons. The van der Waals surface area contributed by atoms with Crippen molar-refractivity contribution in [3.05, 3.63) is 12.2 Å². The van der Waals surface area contributed by atoms with E-state index < -0.39 is 0 Å². The average Bonchev–Trinajstić information content (AvgIpc) is 2.07. The number of hydrogen-bond acceptors (Lipinski definition) is 2. The standard InChI is InChI=1S/C9H18N2/c1-2-3-4-7-11-8-5-10-6-9-11/h2-3,10H,4-9H2,1H3. The van der Waals surface area contributed by atoms with Crippen molar-refractivity contribution in [3.63, 3.8) is 0 Å². The van der Waals surface area contributed by atoms with Crippen molar-refractivity contribution < 1.29 is 0 Å². The number of piperazine rings is 1. The fourth-order valence-corrected chi connectivity index (χ4v) is 1.36. The summed E-state index contributed by atoms with van der Waals surface area (Å²) in [7, 11) is 0. The molecule has 0 aromatic heterocycles. The Kier molecular flexibility index (Phi) is 4.24. The molecule has 1 fully saturated rings. The van der Waals surface area contributed by atoms with E-state index in [0.717, 1.165) is 13.1 Å². The Balaban J connectivity index is 2.04. The first kappa shape index (κ1) is 8.75. The molecule has 0 aromatic carbocycles. The van der Waals surface area contributed by atoms with Crippen LogP contribution in [0.2, 0.25) is 0 Å². The number of nitrogens with zero attached hydrogens (tertiary/aromatic N) is 1. The molecule has 11 heavy (non-hydrogen) atoms. The van der Waals surface area contributed by atoms with Gasteiger partial charge in [0.2, 0.25) is 0 Å². The molecule has 0 bridgehead atoms. The molecule has 1 aliphatic rings. The molecule has 0 aromatic rings. The number of hydrogen-bond donors (Lipinski definition) is 1. The van der Waals surface area contributed by atoms with Gasteiger partial charge in [-0.05, 0) is 13.3 Å². The van der Waals surface area contributed by atoms with Crippen LogP contribution in [0, 0.1) is 0 Å². The van der Waals surface area contributed by atoms with Crippen molar-refractivity contribution in [1.82, 2.24) is 10.2 Å². The third-order valence-corrected chi connectivity index (χ3v) is 2.06. The summed E-state index contributed by atoms with van der Waals surface area (Å²) >= 11 is 0. The molecule has 0 spiro atoms. The lowest BCUT2D eigenvalue weighted by atomic mass is 10.3. The molecule has 0 saturated carbocycles. The summed E-state index contributed by atoms with van der Waals surface area (Å²) in [4.78, 5) is 2.51. The maximum Gasteiger partial charge on any atom is 0.0107 e. The Morgan fingerprint density at radius 2 is 2.09 bits per heavy atom. The molecule has 0 amide bonds. The van der Waals surface area contributed by atoms with E-state index in [1.54, 1.807) is 0 Å². The van der Waals surface area contributed by atoms with E-state index in [4.69, 9.17) is 0 Å². The number of rotatable bonds is 3. The summed E-state index contributed by atoms with van der Waals surface area (Å²) in [5.41, 5.74) is 0. The fraction of sp³-hybridized carbons (Fsp3) is 0.778. The van der Waals surface area contributed by atoms with Gasteiger partial charge < -0.3 is 10.2 Å². The topological polar surface area (TPSA) is 15.3 Å². The molecule has 0 aliphatic carbocycles. The van der Waals surface area contributed by atoms with E-state index in [0.29, 0.717) is 0 Å². The zero-order valence-corrected chi connectivity index (χ0v) is 7.34. The van der Waals surface area contributed by atoms with Gasteiger partial charge >= 0.3 is 0 Å². The molecule has 0 radical (unpaired) electrons. The third kappa shape index (κ3) is 3.54. The largest absolute Gasteiger partial charge is 0.314 e. The average molecular weight is 154 g/mol. The van der Waals surface area contributed by atoms with Crippen LogP contribution in [0.5, 0.6) is 0 Å². The van der Waals surface area contributed by atoms with E-state index in [1.165, 1.54) is 26.1 Å². The molecular formula is C9H18N2. The molecule has 1 saturated heterocycles. The Hall–Kier alpha value is -0.340. The first-order chi connectivity index (χ1) is 5.43. The monoisotopic (exact) mass is 154 g/mol. The Morgan fingerprint density at radius 1 is 1.36 bits per heavy atom. The van der Waals surface area contributed by atoms with E-state index in [9.17, 15) is 0 Å². The van der Waals surface area contributed by atoms with Crippen LogP contribution in [0.4, 0.5) is 0 Å². The Morgan fingerprint density at radius 3 is 2.73 bits per heavy atom. The van der Waals surface area contributed by atoms with Gasteiger partial charge in [-0.15, -0.1) is 0 Å². The highest BCUT2D eigenvalue weighted by atomic mass is 15.2. The smallest absolute Gasteiger partial charge is 0.0107 e. The van der Waals surface area contributed by atoms with Gasteiger partial charge in [-0.1, -0.05) is 12.2 Å². The van der Waals surface area contributed by atoms with Crippen molar-refractivity contribution in [2.75, 3.05) is 32.7 Å². The first-order valence-corrected chi connectivity index (χ1v) is 4.47. The van der Waals surface area contributed by atoms with Crippen LogP contribution >= 0.6 is 0 Å². The predicted molar refractivity (Wildman–Crippen MR) is 48.7 cm³/mol. The van der Waals surface area contributed by atoms with Crippen LogP contribution < -0.4 is 5.32 Å². The predicted octanol–water partition coefficient (Wildman–Crippen LogP) is 0.858. The first-order valence-electron chi connectivity index (χ1n) is 4.47. The van der Waals surface area contributed by atoms with Gasteiger partial charge in [0.25, 0.3) is 0 Å². The van der Waals surface area contributed by atoms with Crippen LogP contribution in [0.3, 0.4) is 0 Å². The summed E-state index contributed by atoms with van der Waals surface area (Å²) in [6.45, 7) is 8.07. The number of nitrogens with one attached hydrogen (secondary N) is 1. The highest BCUT2D eigenvalue weighted by Crippen LogP contribution is 1.94. The van der Waals surface area contributed by atoms with Gasteiger partial charge in [0, 0.05) is 32.7 Å². The van der Waals surface area contributed by atoms with Crippen LogP contribution in [-0.2, 0) is 0 Å². The van der Waals surface area contributed by atoms with Crippen molar-refractivity contribution in [2.24, 2.45) is 0 Å². The number of allylic oxidation sites excluding steroid dienone is 1. The summed E-state index contributed by atoms with van der Waals surface area (Å²) in [5, 5.41) is 3.35. The zero-order chi connectivity index (χ0) is 7.94. The lowest BCUT2D eigenvalue weighted by Gasteiger charge is -2.26. The Bertz CT molecular complexity index is 115. The van der Waals surface area contributed by atoms with Gasteiger partial charge in [0.15, 0.2) is 0 Å². The van der Waals surface area contributed by atoms with Crippen molar-refractivity contribution in [2.45, 2.75) is 13.3 Å². The second-order valence-electron chi connectivity index (χ2n) is 2.95. The van der Waals surface area contributed by atoms with E-state index >= 15 is 0 Å². The zero-order valence-electron chi connectivity index (χ0n) is 7.34. The SMILES string of the molecule is CC=CCCN1CCNCC1. The van der Waals surface area contributed by atoms with Crippen molar-refractivity contribution >= 4 is 0 Å². The lowest BCUT2D eigenvalue weighted by Crippen LogP contribution is -2.43.